The molecule has 1 aliphatic heterocycles. The largest absolute Gasteiger partial charge is 0.399 e. The molecule has 1 fully saturated rings. The van der Waals surface area contributed by atoms with Crippen molar-refractivity contribution < 1.29 is 9.13 Å². The maximum absolute atomic E-state index is 13.8. The van der Waals surface area contributed by atoms with Gasteiger partial charge < -0.3 is 15.4 Å². The molecule has 0 spiro atoms. The summed E-state index contributed by atoms with van der Waals surface area (Å²) >= 11 is 0. The highest BCUT2D eigenvalue weighted by atomic mass is 19.1. The van der Waals surface area contributed by atoms with Crippen LogP contribution in [0.3, 0.4) is 0 Å². The Labute approximate surface area is 95.0 Å². The van der Waals surface area contributed by atoms with Crippen LogP contribution in [-0.2, 0) is 4.74 Å². The molecule has 0 aromatic heterocycles. The van der Waals surface area contributed by atoms with E-state index in [1.54, 1.807) is 12.1 Å². The van der Waals surface area contributed by atoms with E-state index in [4.69, 9.17) is 10.5 Å². The van der Waals surface area contributed by atoms with Crippen molar-refractivity contribution in [2.75, 3.05) is 30.4 Å². The second-order valence-electron chi connectivity index (χ2n) is 4.04. The van der Waals surface area contributed by atoms with E-state index in [0.29, 0.717) is 24.6 Å². The highest BCUT2D eigenvalue weighted by Gasteiger charge is 2.23. The maximum atomic E-state index is 13.8. The van der Waals surface area contributed by atoms with E-state index in [1.807, 2.05) is 0 Å². The summed E-state index contributed by atoms with van der Waals surface area (Å²) in [6, 6.07) is 5.11. The summed E-state index contributed by atoms with van der Waals surface area (Å²) in [4.78, 5) is 2.07. The van der Waals surface area contributed by atoms with Gasteiger partial charge >= 0.3 is 0 Å². The molecule has 16 heavy (non-hydrogen) atoms. The average molecular weight is 224 g/mol. The monoisotopic (exact) mass is 224 g/mol. The van der Waals surface area contributed by atoms with Gasteiger partial charge in [-0.05, 0) is 24.6 Å². The Kier molecular flexibility index (Phi) is 3.29. The summed E-state index contributed by atoms with van der Waals surface area (Å²) in [5.41, 5.74) is 6.63. The first-order chi connectivity index (χ1) is 7.72. The van der Waals surface area contributed by atoms with E-state index in [0.717, 1.165) is 13.0 Å². The molecule has 0 aliphatic carbocycles. The molecule has 0 radical (unpaired) electrons. The minimum Gasteiger partial charge on any atom is -0.399 e. The molecule has 1 atom stereocenters. The number of nitrogen functional groups attached to an aromatic ring is 1. The number of benzene rings is 1. The molecular formula is C12H17FN2O. The van der Waals surface area contributed by atoms with Crippen LogP contribution in [0.4, 0.5) is 15.8 Å². The second-order valence-corrected chi connectivity index (χ2v) is 4.04. The topological polar surface area (TPSA) is 38.5 Å². The lowest BCUT2D eigenvalue weighted by Crippen LogP contribution is -2.45. The third-order valence-corrected chi connectivity index (χ3v) is 2.98. The fourth-order valence-electron chi connectivity index (χ4n) is 2.07. The molecule has 88 valence electrons. The zero-order valence-electron chi connectivity index (χ0n) is 9.45. The third-order valence-electron chi connectivity index (χ3n) is 2.98. The van der Waals surface area contributed by atoms with Gasteiger partial charge in [0.2, 0.25) is 0 Å². The summed E-state index contributed by atoms with van der Waals surface area (Å²) in [6.07, 6.45) is 0.948. The van der Waals surface area contributed by atoms with Crippen LogP contribution in [0, 0.1) is 5.82 Å². The molecule has 1 aromatic carbocycles. The lowest BCUT2D eigenvalue weighted by Gasteiger charge is -2.37. The van der Waals surface area contributed by atoms with Gasteiger partial charge in [0.05, 0.1) is 24.9 Å². The van der Waals surface area contributed by atoms with E-state index in [9.17, 15) is 4.39 Å². The van der Waals surface area contributed by atoms with E-state index >= 15 is 0 Å². The average Bonchev–Trinajstić information content (AvgIpc) is 2.29. The molecule has 1 aromatic rings. The van der Waals surface area contributed by atoms with Gasteiger partial charge in [0, 0.05) is 12.2 Å². The van der Waals surface area contributed by atoms with Gasteiger partial charge in [-0.15, -0.1) is 0 Å². The highest BCUT2D eigenvalue weighted by molar-refractivity contribution is 5.55. The lowest BCUT2D eigenvalue weighted by atomic mass is 10.1. The number of nitrogens with two attached hydrogens (primary N) is 1. The number of ether oxygens (including phenoxy) is 1. The smallest absolute Gasteiger partial charge is 0.148 e. The zero-order valence-corrected chi connectivity index (χ0v) is 9.45. The van der Waals surface area contributed by atoms with Crippen molar-refractivity contribution in [1.82, 2.24) is 0 Å². The quantitative estimate of drug-likeness (QED) is 0.781. The van der Waals surface area contributed by atoms with Crippen molar-refractivity contribution in [2.45, 2.75) is 19.4 Å². The Morgan fingerprint density at radius 2 is 2.38 bits per heavy atom. The highest BCUT2D eigenvalue weighted by Crippen LogP contribution is 2.25. The van der Waals surface area contributed by atoms with Crippen molar-refractivity contribution in [3.63, 3.8) is 0 Å². The third kappa shape index (κ3) is 2.11. The van der Waals surface area contributed by atoms with E-state index in [2.05, 4.69) is 11.8 Å². The predicted molar refractivity (Wildman–Crippen MR) is 63.1 cm³/mol. The molecule has 0 amide bonds. The Morgan fingerprint density at radius 3 is 3.06 bits per heavy atom. The molecule has 1 aliphatic rings. The predicted octanol–water partition coefficient (Wildman–Crippen LogP) is 2.02. The van der Waals surface area contributed by atoms with Gasteiger partial charge in [0.25, 0.3) is 0 Å². The van der Waals surface area contributed by atoms with E-state index in [-0.39, 0.29) is 11.9 Å². The molecule has 4 heteroatoms. The molecule has 1 heterocycles. The number of nitrogens with zero attached hydrogens (tertiary/aromatic N) is 1. The lowest BCUT2D eigenvalue weighted by molar-refractivity contribution is 0.0926. The molecule has 0 saturated carbocycles. The van der Waals surface area contributed by atoms with Gasteiger partial charge in [-0.2, -0.15) is 0 Å². The fraction of sp³-hybridized carbons (Fsp3) is 0.500. The van der Waals surface area contributed by atoms with E-state index < -0.39 is 0 Å². The second kappa shape index (κ2) is 4.70. The first-order valence-electron chi connectivity index (χ1n) is 5.61. The summed E-state index contributed by atoms with van der Waals surface area (Å²) in [5, 5.41) is 0. The summed E-state index contributed by atoms with van der Waals surface area (Å²) in [6.45, 7) is 4.14. The first kappa shape index (κ1) is 11.2. The summed E-state index contributed by atoms with van der Waals surface area (Å²) in [7, 11) is 0. The van der Waals surface area contributed by atoms with Crippen molar-refractivity contribution in [2.24, 2.45) is 0 Å². The molecule has 2 N–H and O–H groups in total. The van der Waals surface area contributed by atoms with Crippen LogP contribution in [0.2, 0.25) is 0 Å². The standard InChI is InChI=1S/C12H17FN2O/c1-2-10-8-16-6-5-15(10)12-4-3-9(14)7-11(12)13/h3-4,7,10H,2,5-6,8,14H2,1H3. The number of rotatable bonds is 2. The minimum absolute atomic E-state index is 0.250. The van der Waals surface area contributed by atoms with Crippen LogP contribution in [0.1, 0.15) is 13.3 Å². The van der Waals surface area contributed by atoms with Crippen molar-refractivity contribution in [3.05, 3.63) is 24.0 Å². The Balaban J connectivity index is 2.27. The summed E-state index contributed by atoms with van der Waals surface area (Å²) < 4.78 is 19.2. The molecular weight excluding hydrogens is 207 g/mol. The van der Waals surface area contributed by atoms with Crippen LogP contribution >= 0.6 is 0 Å². The van der Waals surface area contributed by atoms with Crippen LogP contribution in [0.25, 0.3) is 0 Å². The minimum atomic E-state index is -0.250. The van der Waals surface area contributed by atoms with Crippen molar-refractivity contribution in [1.29, 1.82) is 0 Å². The number of hydrogen-bond donors (Lipinski definition) is 1. The Bertz CT molecular complexity index is 370. The van der Waals surface area contributed by atoms with Gasteiger partial charge in [0.15, 0.2) is 0 Å². The molecule has 1 saturated heterocycles. The number of anilines is 2. The van der Waals surface area contributed by atoms with Crippen LogP contribution in [0.5, 0.6) is 0 Å². The number of hydrogen-bond acceptors (Lipinski definition) is 3. The fourth-order valence-corrected chi connectivity index (χ4v) is 2.07. The first-order valence-corrected chi connectivity index (χ1v) is 5.61. The molecule has 0 bridgehead atoms. The summed E-state index contributed by atoms with van der Waals surface area (Å²) in [5.74, 6) is -0.250. The van der Waals surface area contributed by atoms with Gasteiger partial charge in [-0.25, -0.2) is 4.39 Å². The zero-order chi connectivity index (χ0) is 11.5. The van der Waals surface area contributed by atoms with Crippen molar-refractivity contribution in [3.8, 4) is 0 Å². The van der Waals surface area contributed by atoms with Crippen molar-refractivity contribution >= 4 is 11.4 Å². The van der Waals surface area contributed by atoms with E-state index in [1.165, 1.54) is 6.07 Å². The van der Waals surface area contributed by atoms with Gasteiger partial charge in [-0.3, -0.25) is 0 Å². The van der Waals surface area contributed by atoms with Gasteiger partial charge in [-0.1, -0.05) is 6.92 Å². The Morgan fingerprint density at radius 1 is 1.56 bits per heavy atom. The number of morpholine rings is 1. The number of halogens is 1. The van der Waals surface area contributed by atoms with Gasteiger partial charge in [0.1, 0.15) is 5.82 Å². The SMILES string of the molecule is CCC1COCCN1c1ccc(N)cc1F. The molecule has 1 unspecified atom stereocenters. The van der Waals surface area contributed by atoms with Crippen LogP contribution < -0.4 is 10.6 Å². The molecule has 3 nitrogen and oxygen atoms in total. The maximum Gasteiger partial charge on any atom is 0.148 e. The normalized spacial score (nSPS) is 21.1. The van der Waals surface area contributed by atoms with Crippen LogP contribution in [0.15, 0.2) is 18.2 Å². The Hall–Kier alpha value is -1.29. The molecule has 2 rings (SSSR count). The van der Waals surface area contributed by atoms with Crippen LogP contribution in [-0.4, -0.2) is 25.8 Å².